The monoisotopic (exact) mass is 1500 g/mol. The third-order valence-electron chi connectivity index (χ3n) is 24.7. The van der Waals surface area contributed by atoms with E-state index in [1.807, 2.05) is 0 Å². The van der Waals surface area contributed by atoms with Gasteiger partial charge in [0.2, 0.25) is 0 Å². The second-order valence-corrected chi connectivity index (χ2v) is 31.1. The highest BCUT2D eigenvalue weighted by atomic mass is 15.2. The average Bonchev–Trinajstić information content (AvgIpc) is 1.09. The number of anilines is 18. The summed E-state index contributed by atoms with van der Waals surface area (Å²) >= 11 is 0. The van der Waals surface area contributed by atoms with Crippen LogP contribution in [-0.4, -0.2) is 22.6 Å². The summed E-state index contributed by atoms with van der Waals surface area (Å²) < 4.78 is 4.89. The van der Waals surface area contributed by atoms with Crippen LogP contribution >= 0.6 is 0 Å². The second kappa shape index (κ2) is 27.1. The highest BCUT2D eigenvalue weighted by Crippen LogP contribution is 2.52. The Morgan fingerprint density at radius 2 is 0.542 bits per heavy atom. The lowest BCUT2D eigenvalue weighted by atomic mass is 9.33. The van der Waals surface area contributed by atoms with Gasteiger partial charge in [0.05, 0.1) is 27.8 Å². The van der Waals surface area contributed by atoms with Gasteiger partial charge in [-0.25, -0.2) is 0 Å². The van der Waals surface area contributed by atoms with Crippen molar-refractivity contribution in [2.24, 2.45) is 0 Å². The fourth-order valence-electron chi connectivity index (χ4n) is 19.9. The topological polar surface area (TPSA) is 29.3 Å². The molecule has 6 heterocycles. The van der Waals surface area contributed by atoms with E-state index in [9.17, 15) is 0 Å². The van der Waals surface area contributed by atoms with Gasteiger partial charge in [-0.2, -0.15) is 0 Å². The summed E-state index contributed by atoms with van der Waals surface area (Å²) in [6.45, 7) is -0.118. The Kier molecular flexibility index (Phi) is 15.4. The molecule has 4 aliphatic rings. The highest BCUT2D eigenvalue weighted by molar-refractivity contribution is 7.01. The Balaban J connectivity index is 0.680. The molecular formula is C108H72B2N8. The molecule has 0 unspecified atom stereocenters. The average molecular weight is 1500 g/mol. The van der Waals surface area contributed by atoms with Crippen LogP contribution in [0.5, 0.6) is 0 Å². The predicted octanol–water partition coefficient (Wildman–Crippen LogP) is 24.7. The van der Waals surface area contributed by atoms with Gasteiger partial charge in [-0.15, -0.1) is 0 Å². The van der Waals surface area contributed by atoms with Crippen LogP contribution in [0.4, 0.5) is 102 Å². The van der Waals surface area contributed by atoms with Crippen molar-refractivity contribution in [1.29, 1.82) is 0 Å². The van der Waals surface area contributed by atoms with E-state index in [1.54, 1.807) is 0 Å². The van der Waals surface area contributed by atoms with E-state index in [0.717, 1.165) is 129 Å². The maximum atomic E-state index is 2.56. The van der Waals surface area contributed by atoms with Gasteiger partial charge in [0, 0.05) is 130 Å². The standard InChI is InChI=1S/C108H72B2N8/c1-8-33-75(34-9-1)111(83-63-67-95-89(70-83)86-48-22-25-52-94(86)113(95)77-37-12-3-13-38-77)84-61-64-93-105(71-84)117(102-58-31-56-100-107(102)110(93)91-51-24-27-54-98(91)115(100)79-41-16-5-17-42-79)82-47-28-32-73(68-82)74-60-66-96-88(69-74)87-49-29-59-103(108(87)118(96)81-45-20-7-21-46-81)112(76-35-10-2-11-36-76)85-62-65-92-104(72-85)116(80-43-18-6-19-44-80)101-57-30-55-99-106(101)109(92)90-50-23-26-53-97(90)114(99)78-39-14-4-15-40-78/h1-72H. The number of hydrogen-bond acceptors (Lipinski definition) is 6. The quantitative estimate of drug-likeness (QED) is 0.107. The molecule has 118 heavy (non-hydrogen) atoms. The van der Waals surface area contributed by atoms with Gasteiger partial charge in [-0.3, -0.25) is 0 Å². The van der Waals surface area contributed by atoms with Crippen molar-refractivity contribution in [2.75, 3.05) is 29.4 Å². The smallest absolute Gasteiger partial charge is 0.252 e. The summed E-state index contributed by atoms with van der Waals surface area (Å²) in [5.74, 6) is 0. The molecule has 24 rings (SSSR count). The van der Waals surface area contributed by atoms with E-state index in [4.69, 9.17) is 0 Å². The normalized spacial score (nSPS) is 12.8. The Hall–Kier alpha value is -15.5. The summed E-state index contributed by atoms with van der Waals surface area (Å²) in [6.07, 6.45) is 0. The van der Waals surface area contributed by atoms with Gasteiger partial charge in [-0.05, 0) is 244 Å². The van der Waals surface area contributed by atoms with Gasteiger partial charge in [0.15, 0.2) is 0 Å². The van der Waals surface area contributed by atoms with Crippen LogP contribution in [0.2, 0.25) is 0 Å². The lowest BCUT2D eigenvalue weighted by molar-refractivity contribution is 1.17. The Bertz CT molecular complexity index is 7370. The molecule has 0 radical (unpaired) electrons. The van der Waals surface area contributed by atoms with Gasteiger partial charge in [0.25, 0.3) is 13.4 Å². The zero-order valence-corrected chi connectivity index (χ0v) is 64.3. The fourth-order valence-corrected chi connectivity index (χ4v) is 19.9. The van der Waals surface area contributed by atoms with Crippen molar-refractivity contribution in [2.45, 2.75) is 0 Å². The summed E-state index contributed by atoms with van der Waals surface area (Å²) in [4.78, 5) is 14.9. The van der Waals surface area contributed by atoms with Gasteiger partial charge in [-0.1, -0.05) is 237 Å². The molecule has 0 atom stereocenters. The molecule has 0 amide bonds. The molecule has 0 N–H and O–H groups in total. The summed E-state index contributed by atoms with van der Waals surface area (Å²) in [6, 6.07) is 162. The SMILES string of the molecule is c1ccc(N(c2ccc3c(c2)N(c2cccc(-c4ccc5c(c4)c4cccc(N(c6ccccc6)c6ccc7c(c6)N(c6ccccc6)c6cccc8c6B7c6ccccc6N8c6ccccc6)c4n5-c4ccccc4)c2)c2cccc4c2B3c2ccccc2N4c2ccccc2)c2ccc3c(c2)c2ccccc2n3-c2ccccc2)cc1. The lowest BCUT2D eigenvalue weighted by Gasteiger charge is -2.44. The number of para-hydroxylation sites is 11. The largest absolute Gasteiger partial charge is 0.311 e. The van der Waals surface area contributed by atoms with Crippen LogP contribution in [0.1, 0.15) is 0 Å². The third-order valence-corrected chi connectivity index (χ3v) is 24.7. The minimum absolute atomic E-state index is 0.0376. The first-order chi connectivity index (χ1) is 58.6. The Labute approximate surface area is 685 Å². The minimum Gasteiger partial charge on any atom is -0.311 e. The molecule has 2 aromatic heterocycles. The van der Waals surface area contributed by atoms with E-state index in [-0.39, 0.29) is 13.4 Å². The number of hydrogen-bond donors (Lipinski definition) is 0. The molecule has 0 saturated heterocycles. The molecule has 4 aliphatic heterocycles. The van der Waals surface area contributed by atoms with E-state index in [2.05, 4.69) is 475 Å². The van der Waals surface area contributed by atoms with E-state index in [1.165, 1.54) is 71.8 Å². The third kappa shape index (κ3) is 10.4. The molecule has 0 spiro atoms. The zero-order valence-electron chi connectivity index (χ0n) is 64.3. The molecular weight excluding hydrogens is 1430 g/mol. The molecule has 0 bridgehead atoms. The summed E-state index contributed by atoms with van der Waals surface area (Å²) in [5, 5.41) is 4.70. The van der Waals surface area contributed by atoms with E-state index >= 15 is 0 Å². The molecule has 10 heteroatoms. The lowest BCUT2D eigenvalue weighted by Crippen LogP contribution is -2.61. The predicted molar refractivity (Wildman–Crippen MR) is 498 cm³/mol. The zero-order chi connectivity index (χ0) is 77.5. The number of benzene rings is 18. The van der Waals surface area contributed by atoms with Crippen molar-refractivity contribution < 1.29 is 0 Å². The number of fused-ring (bicyclic) bond motifs is 14. The van der Waals surface area contributed by atoms with Crippen LogP contribution in [-0.2, 0) is 0 Å². The van der Waals surface area contributed by atoms with E-state index < -0.39 is 0 Å². The van der Waals surface area contributed by atoms with Crippen LogP contribution in [0, 0.1) is 0 Å². The number of aromatic nitrogens is 2. The molecule has 0 aliphatic carbocycles. The van der Waals surface area contributed by atoms with Crippen LogP contribution in [0.25, 0.3) is 66.1 Å². The van der Waals surface area contributed by atoms with Crippen LogP contribution < -0.4 is 62.2 Å². The Morgan fingerprint density at radius 3 is 1.10 bits per heavy atom. The molecule has 550 valence electrons. The Morgan fingerprint density at radius 1 is 0.186 bits per heavy atom. The maximum absolute atomic E-state index is 2.56. The number of nitrogens with zero attached hydrogens (tertiary/aromatic N) is 8. The maximum Gasteiger partial charge on any atom is 0.252 e. The number of rotatable bonds is 13. The van der Waals surface area contributed by atoms with Crippen molar-refractivity contribution >= 4 is 192 Å². The first-order valence-electron chi connectivity index (χ1n) is 40.7. The fraction of sp³-hybridized carbons (Fsp3) is 0. The second-order valence-electron chi connectivity index (χ2n) is 31.1. The van der Waals surface area contributed by atoms with Crippen LogP contribution in [0.15, 0.2) is 437 Å². The first-order valence-corrected chi connectivity index (χ1v) is 40.7. The molecule has 0 saturated carbocycles. The van der Waals surface area contributed by atoms with Crippen molar-refractivity contribution in [3.05, 3.63) is 437 Å². The van der Waals surface area contributed by atoms with E-state index in [0.29, 0.717) is 0 Å². The first kappa shape index (κ1) is 67.0. The van der Waals surface area contributed by atoms with Crippen molar-refractivity contribution in [3.63, 3.8) is 0 Å². The minimum atomic E-state index is -0.0807. The summed E-state index contributed by atoms with van der Waals surface area (Å²) in [7, 11) is 0. The molecule has 0 fully saturated rings. The molecule has 8 nitrogen and oxygen atoms in total. The van der Waals surface area contributed by atoms with Crippen molar-refractivity contribution in [1.82, 2.24) is 9.13 Å². The molecule has 20 aromatic rings. The summed E-state index contributed by atoms with van der Waals surface area (Å²) in [5.41, 5.74) is 36.6. The van der Waals surface area contributed by atoms with Gasteiger partial charge in [0.1, 0.15) is 0 Å². The van der Waals surface area contributed by atoms with Crippen LogP contribution in [0.3, 0.4) is 0 Å². The molecule has 18 aromatic carbocycles. The highest BCUT2D eigenvalue weighted by Gasteiger charge is 2.46. The van der Waals surface area contributed by atoms with Crippen molar-refractivity contribution in [3.8, 4) is 22.5 Å². The van der Waals surface area contributed by atoms with Gasteiger partial charge >= 0.3 is 0 Å². The van der Waals surface area contributed by atoms with Gasteiger partial charge < -0.3 is 38.5 Å².